The number of hydrogen-bond donors (Lipinski definition) is 1. The lowest BCUT2D eigenvalue weighted by molar-refractivity contribution is 0.392. The summed E-state index contributed by atoms with van der Waals surface area (Å²) in [5.74, 6) is 0.552. The van der Waals surface area contributed by atoms with E-state index in [2.05, 4.69) is 15.5 Å². The van der Waals surface area contributed by atoms with Crippen LogP contribution >= 0.6 is 0 Å². The molecular weight excluding hydrogens is 281 g/mol. The minimum Gasteiger partial charge on any atom is -0.384 e. The van der Waals surface area contributed by atoms with Crippen LogP contribution in [0.1, 0.15) is 22.7 Å². The highest BCUT2D eigenvalue weighted by Gasteiger charge is 2.10. The van der Waals surface area contributed by atoms with Gasteiger partial charge in [-0.1, -0.05) is 17.3 Å². The summed E-state index contributed by atoms with van der Waals surface area (Å²) in [4.78, 5) is 4.28. The fraction of sp³-hybridized carbons (Fsp3) is 0.294. The first kappa shape index (κ1) is 14.5. The highest BCUT2D eigenvalue weighted by Crippen LogP contribution is 2.25. The van der Waals surface area contributed by atoms with E-state index in [1.54, 1.807) is 6.07 Å². The first-order valence-electron chi connectivity index (χ1n) is 7.27. The van der Waals surface area contributed by atoms with E-state index in [0.29, 0.717) is 5.52 Å². The SMILES string of the molecule is Cc1cc(NCCc2c(C)noc2C)c2cccc(F)c2n1. The summed E-state index contributed by atoms with van der Waals surface area (Å²) in [5, 5.41) is 8.12. The van der Waals surface area contributed by atoms with Gasteiger partial charge in [-0.15, -0.1) is 0 Å². The van der Waals surface area contributed by atoms with Crippen molar-refractivity contribution in [3.05, 3.63) is 52.8 Å². The molecule has 0 aliphatic carbocycles. The molecule has 3 aromatic rings. The molecule has 4 nitrogen and oxygen atoms in total. The summed E-state index contributed by atoms with van der Waals surface area (Å²) < 4.78 is 19.1. The molecule has 0 spiro atoms. The van der Waals surface area contributed by atoms with Crippen LogP contribution in [0.4, 0.5) is 10.1 Å². The lowest BCUT2D eigenvalue weighted by atomic mass is 10.1. The number of pyridine rings is 1. The van der Waals surface area contributed by atoms with Crippen molar-refractivity contribution < 1.29 is 8.91 Å². The molecule has 0 aliphatic heterocycles. The molecule has 2 heterocycles. The molecule has 3 rings (SSSR count). The molecule has 0 atom stereocenters. The third-order valence-corrected chi connectivity index (χ3v) is 3.79. The summed E-state index contributed by atoms with van der Waals surface area (Å²) in [6.07, 6.45) is 0.805. The van der Waals surface area contributed by atoms with Crippen molar-refractivity contribution in [2.24, 2.45) is 0 Å². The number of anilines is 1. The predicted molar refractivity (Wildman–Crippen MR) is 84.6 cm³/mol. The van der Waals surface area contributed by atoms with Gasteiger partial charge in [-0.3, -0.25) is 0 Å². The van der Waals surface area contributed by atoms with Gasteiger partial charge >= 0.3 is 0 Å². The molecular formula is C17H18FN3O. The van der Waals surface area contributed by atoms with Crippen molar-refractivity contribution >= 4 is 16.6 Å². The van der Waals surface area contributed by atoms with Gasteiger partial charge in [0.05, 0.1) is 5.69 Å². The number of para-hydroxylation sites is 1. The number of nitrogens with zero attached hydrogens (tertiary/aromatic N) is 2. The topological polar surface area (TPSA) is 51.0 Å². The smallest absolute Gasteiger partial charge is 0.149 e. The number of hydrogen-bond acceptors (Lipinski definition) is 4. The van der Waals surface area contributed by atoms with Crippen LogP contribution in [0, 0.1) is 26.6 Å². The molecule has 5 heteroatoms. The zero-order chi connectivity index (χ0) is 15.7. The van der Waals surface area contributed by atoms with E-state index in [4.69, 9.17) is 4.52 Å². The van der Waals surface area contributed by atoms with Crippen molar-refractivity contribution in [3.63, 3.8) is 0 Å². The number of aromatic nitrogens is 2. The Morgan fingerprint density at radius 2 is 2.05 bits per heavy atom. The minimum absolute atomic E-state index is 0.296. The van der Waals surface area contributed by atoms with Gasteiger partial charge < -0.3 is 9.84 Å². The van der Waals surface area contributed by atoms with Gasteiger partial charge in [-0.2, -0.15) is 0 Å². The number of nitrogens with one attached hydrogen (secondary N) is 1. The van der Waals surface area contributed by atoms with E-state index in [0.717, 1.165) is 46.8 Å². The number of halogens is 1. The monoisotopic (exact) mass is 299 g/mol. The third kappa shape index (κ3) is 2.66. The Hall–Kier alpha value is -2.43. The largest absolute Gasteiger partial charge is 0.384 e. The van der Waals surface area contributed by atoms with Crippen molar-refractivity contribution in [2.45, 2.75) is 27.2 Å². The van der Waals surface area contributed by atoms with Gasteiger partial charge in [0.1, 0.15) is 17.1 Å². The Bertz CT molecular complexity index is 807. The molecule has 114 valence electrons. The Kier molecular flexibility index (Phi) is 3.79. The standard InChI is InChI=1S/C17H18FN3O/c1-10-9-16(14-5-4-6-15(18)17(14)20-10)19-8-7-13-11(2)21-22-12(13)3/h4-6,9H,7-8H2,1-3H3,(H,19,20). The summed E-state index contributed by atoms with van der Waals surface area (Å²) in [6.45, 7) is 6.44. The molecule has 0 fully saturated rings. The highest BCUT2D eigenvalue weighted by atomic mass is 19.1. The van der Waals surface area contributed by atoms with E-state index >= 15 is 0 Å². The second-order valence-corrected chi connectivity index (χ2v) is 5.43. The highest BCUT2D eigenvalue weighted by molar-refractivity contribution is 5.91. The molecule has 0 amide bonds. The maximum atomic E-state index is 13.9. The molecule has 0 aliphatic rings. The Labute approximate surface area is 128 Å². The maximum absolute atomic E-state index is 13.9. The predicted octanol–water partition coefficient (Wildman–Crippen LogP) is 3.94. The summed E-state index contributed by atoms with van der Waals surface area (Å²) >= 11 is 0. The van der Waals surface area contributed by atoms with Gasteiger partial charge in [0.25, 0.3) is 0 Å². The van der Waals surface area contributed by atoms with Gasteiger partial charge in [0, 0.05) is 28.9 Å². The lowest BCUT2D eigenvalue weighted by Gasteiger charge is -2.11. The molecule has 22 heavy (non-hydrogen) atoms. The second kappa shape index (κ2) is 5.75. The minimum atomic E-state index is -0.296. The number of fused-ring (bicyclic) bond motifs is 1. The average Bonchev–Trinajstić information content (AvgIpc) is 2.80. The van der Waals surface area contributed by atoms with Crippen LogP contribution in [-0.2, 0) is 6.42 Å². The summed E-state index contributed by atoms with van der Waals surface area (Å²) in [5.41, 5.74) is 4.13. The molecule has 0 saturated heterocycles. The number of benzene rings is 1. The summed E-state index contributed by atoms with van der Waals surface area (Å²) in [6, 6.07) is 6.95. The van der Waals surface area contributed by atoms with Crippen LogP contribution in [0.5, 0.6) is 0 Å². The van der Waals surface area contributed by atoms with Crippen molar-refractivity contribution in [1.82, 2.24) is 10.1 Å². The maximum Gasteiger partial charge on any atom is 0.149 e. The number of rotatable bonds is 4. The van der Waals surface area contributed by atoms with Gasteiger partial charge in [0.2, 0.25) is 0 Å². The fourth-order valence-electron chi connectivity index (χ4n) is 2.67. The van der Waals surface area contributed by atoms with Crippen LogP contribution in [0.15, 0.2) is 28.8 Å². The lowest BCUT2D eigenvalue weighted by Crippen LogP contribution is -2.07. The van der Waals surface area contributed by atoms with Crippen LogP contribution in [0.25, 0.3) is 10.9 Å². The zero-order valence-electron chi connectivity index (χ0n) is 12.9. The Morgan fingerprint density at radius 1 is 1.23 bits per heavy atom. The Balaban J connectivity index is 1.84. The van der Waals surface area contributed by atoms with E-state index in [1.165, 1.54) is 6.07 Å². The van der Waals surface area contributed by atoms with Gasteiger partial charge in [-0.05, 0) is 39.3 Å². The quantitative estimate of drug-likeness (QED) is 0.792. The molecule has 0 bridgehead atoms. The average molecular weight is 299 g/mol. The van der Waals surface area contributed by atoms with Crippen LogP contribution in [-0.4, -0.2) is 16.7 Å². The molecule has 2 aromatic heterocycles. The third-order valence-electron chi connectivity index (χ3n) is 3.79. The van der Waals surface area contributed by atoms with E-state index in [1.807, 2.05) is 32.9 Å². The van der Waals surface area contributed by atoms with Crippen LogP contribution in [0.2, 0.25) is 0 Å². The zero-order valence-corrected chi connectivity index (χ0v) is 12.9. The van der Waals surface area contributed by atoms with E-state index in [9.17, 15) is 4.39 Å². The Morgan fingerprint density at radius 3 is 2.77 bits per heavy atom. The number of aryl methyl sites for hydroxylation is 3. The van der Waals surface area contributed by atoms with E-state index in [-0.39, 0.29) is 5.82 Å². The normalized spacial score (nSPS) is 11.1. The van der Waals surface area contributed by atoms with Gasteiger partial charge in [0.15, 0.2) is 0 Å². The second-order valence-electron chi connectivity index (χ2n) is 5.43. The fourth-order valence-corrected chi connectivity index (χ4v) is 2.67. The van der Waals surface area contributed by atoms with Crippen LogP contribution in [0.3, 0.4) is 0 Å². The van der Waals surface area contributed by atoms with E-state index < -0.39 is 0 Å². The molecule has 0 saturated carbocycles. The van der Waals surface area contributed by atoms with Gasteiger partial charge in [-0.25, -0.2) is 9.37 Å². The van der Waals surface area contributed by atoms with Crippen molar-refractivity contribution in [1.29, 1.82) is 0 Å². The first-order valence-corrected chi connectivity index (χ1v) is 7.27. The van der Waals surface area contributed by atoms with Crippen molar-refractivity contribution in [2.75, 3.05) is 11.9 Å². The summed E-state index contributed by atoms with van der Waals surface area (Å²) in [7, 11) is 0. The van der Waals surface area contributed by atoms with Crippen molar-refractivity contribution in [3.8, 4) is 0 Å². The molecule has 0 radical (unpaired) electrons. The molecule has 1 aromatic carbocycles. The molecule has 1 N–H and O–H groups in total. The first-order chi connectivity index (χ1) is 10.6. The van der Waals surface area contributed by atoms with Crippen LogP contribution < -0.4 is 5.32 Å². The molecule has 0 unspecified atom stereocenters.